The number of hydrogen-bond acceptors (Lipinski definition) is 4. The van der Waals surface area contributed by atoms with Crippen LogP contribution < -0.4 is 0 Å². The van der Waals surface area contributed by atoms with Gasteiger partial charge in [0.15, 0.2) is 0 Å². The Morgan fingerprint density at radius 1 is 1.30 bits per heavy atom. The summed E-state index contributed by atoms with van der Waals surface area (Å²) in [5.74, 6) is -0.913. The SMILES string of the molecule is O=[N+]([O-])c1ccc(COP(=O)(N2CC2)N2CC2)cc1F. The molecule has 2 saturated heterocycles. The molecule has 0 saturated carbocycles. The Balaban J connectivity index is 1.70. The molecule has 1 aromatic rings. The largest absolute Gasteiger partial charge is 0.346 e. The number of hydrogen-bond donors (Lipinski definition) is 0. The molecule has 20 heavy (non-hydrogen) atoms. The lowest BCUT2D eigenvalue weighted by atomic mass is 10.2. The molecule has 0 aromatic heterocycles. The molecule has 2 heterocycles. The molecule has 0 atom stereocenters. The maximum Gasteiger partial charge on any atom is 0.346 e. The van der Waals surface area contributed by atoms with Crippen molar-refractivity contribution in [3.63, 3.8) is 0 Å². The van der Waals surface area contributed by atoms with Gasteiger partial charge in [0.05, 0.1) is 11.5 Å². The van der Waals surface area contributed by atoms with Crippen LogP contribution in [-0.2, 0) is 15.7 Å². The van der Waals surface area contributed by atoms with E-state index in [0.717, 1.165) is 38.3 Å². The molecule has 0 spiro atoms. The van der Waals surface area contributed by atoms with Gasteiger partial charge in [-0.25, -0.2) is 9.34 Å². The molecule has 2 aliphatic heterocycles. The van der Waals surface area contributed by atoms with Gasteiger partial charge in [-0.05, 0) is 17.7 Å². The third-order valence-corrected chi connectivity index (χ3v) is 5.87. The summed E-state index contributed by atoms with van der Waals surface area (Å²) >= 11 is 0. The van der Waals surface area contributed by atoms with Crippen LogP contribution in [0.2, 0.25) is 0 Å². The second kappa shape index (κ2) is 4.89. The number of rotatable bonds is 6. The van der Waals surface area contributed by atoms with Crippen molar-refractivity contribution in [2.24, 2.45) is 0 Å². The fourth-order valence-corrected chi connectivity index (χ4v) is 4.08. The number of nitro groups is 1. The topological polar surface area (TPSA) is 75.5 Å². The number of nitro benzene ring substituents is 1. The van der Waals surface area contributed by atoms with Crippen molar-refractivity contribution in [1.29, 1.82) is 0 Å². The molecule has 0 unspecified atom stereocenters. The van der Waals surface area contributed by atoms with E-state index in [-0.39, 0.29) is 6.61 Å². The van der Waals surface area contributed by atoms with Crippen molar-refractivity contribution < 1.29 is 18.4 Å². The van der Waals surface area contributed by atoms with Crippen molar-refractivity contribution in [3.05, 3.63) is 39.7 Å². The van der Waals surface area contributed by atoms with Gasteiger partial charge in [-0.2, -0.15) is 4.39 Å². The Hall–Kier alpha value is -1.34. The Labute approximate surface area is 114 Å². The molecule has 2 fully saturated rings. The summed E-state index contributed by atoms with van der Waals surface area (Å²) in [5.41, 5.74) is -0.147. The van der Waals surface area contributed by atoms with E-state index >= 15 is 0 Å². The minimum Gasteiger partial charge on any atom is -0.301 e. The van der Waals surface area contributed by atoms with Crippen LogP contribution in [0.1, 0.15) is 5.56 Å². The van der Waals surface area contributed by atoms with E-state index in [1.165, 1.54) is 6.07 Å². The number of halogens is 1. The molecule has 1 aromatic carbocycles. The molecule has 3 rings (SSSR count). The van der Waals surface area contributed by atoms with Crippen LogP contribution in [0, 0.1) is 15.9 Å². The van der Waals surface area contributed by atoms with Crippen molar-refractivity contribution in [2.45, 2.75) is 6.61 Å². The lowest BCUT2D eigenvalue weighted by molar-refractivity contribution is -0.387. The van der Waals surface area contributed by atoms with Crippen molar-refractivity contribution in [3.8, 4) is 0 Å². The van der Waals surface area contributed by atoms with Crippen molar-refractivity contribution in [1.82, 2.24) is 9.34 Å². The molecule has 0 N–H and O–H groups in total. The summed E-state index contributed by atoms with van der Waals surface area (Å²) in [4.78, 5) is 9.74. The summed E-state index contributed by atoms with van der Waals surface area (Å²) in [6.45, 7) is 2.93. The van der Waals surface area contributed by atoms with Crippen LogP contribution in [0.3, 0.4) is 0 Å². The van der Waals surface area contributed by atoms with E-state index in [1.54, 1.807) is 9.34 Å². The minimum atomic E-state index is -2.94. The average molecular weight is 301 g/mol. The highest BCUT2D eigenvalue weighted by atomic mass is 31.2. The lowest BCUT2D eigenvalue weighted by Crippen LogP contribution is -2.08. The molecule has 0 amide bonds. The van der Waals surface area contributed by atoms with Crippen molar-refractivity contribution in [2.75, 3.05) is 26.2 Å². The van der Waals surface area contributed by atoms with Gasteiger partial charge in [0.1, 0.15) is 0 Å². The van der Waals surface area contributed by atoms with E-state index in [9.17, 15) is 19.1 Å². The zero-order valence-corrected chi connectivity index (χ0v) is 11.5. The zero-order valence-electron chi connectivity index (χ0n) is 10.6. The summed E-state index contributed by atoms with van der Waals surface area (Å²) in [6, 6.07) is 3.55. The molecule has 0 bridgehead atoms. The molecule has 9 heteroatoms. The van der Waals surface area contributed by atoms with Crippen LogP contribution in [0.25, 0.3) is 0 Å². The predicted octanol–water partition coefficient (Wildman–Crippen LogP) is 1.99. The summed E-state index contributed by atoms with van der Waals surface area (Å²) in [6.07, 6.45) is 0. The molecular formula is C11H13FN3O4P. The highest BCUT2D eigenvalue weighted by Crippen LogP contribution is 2.61. The number of benzene rings is 1. The molecular weight excluding hydrogens is 288 g/mol. The van der Waals surface area contributed by atoms with Gasteiger partial charge in [-0.1, -0.05) is 0 Å². The third kappa shape index (κ3) is 2.60. The normalized spacial score (nSPS) is 19.1. The molecule has 0 radical (unpaired) electrons. The Bertz CT molecular complexity index is 587. The van der Waals surface area contributed by atoms with E-state index in [1.807, 2.05) is 0 Å². The minimum absolute atomic E-state index is 0.0286. The average Bonchev–Trinajstić information content (AvgIpc) is 3.28. The van der Waals surface area contributed by atoms with E-state index in [2.05, 4.69) is 0 Å². The second-order valence-corrected chi connectivity index (χ2v) is 7.08. The van der Waals surface area contributed by atoms with Crippen LogP contribution in [0.5, 0.6) is 0 Å². The van der Waals surface area contributed by atoms with Gasteiger partial charge in [0, 0.05) is 32.2 Å². The predicted molar refractivity (Wildman–Crippen MR) is 68.6 cm³/mol. The van der Waals surface area contributed by atoms with Crippen LogP contribution >= 0.6 is 7.67 Å². The molecule has 108 valence electrons. The van der Waals surface area contributed by atoms with Crippen LogP contribution in [0.15, 0.2) is 18.2 Å². The van der Waals surface area contributed by atoms with Gasteiger partial charge in [-0.15, -0.1) is 0 Å². The van der Waals surface area contributed by atoms with E-state index in [0.29, 0.717) is 5.56 Å². The first-order valence-electron chi connectivity index (χ1n) is 6.19. The quantitative estimate of drug-likeness (QED) is 0.346. The highest BCUT2D eigenvalue weighted by molar-refractivity contribution is 7.54. The van der Waals surface area contributed by atoms with Crippen molar-refractivity contribution >= 4 is 13.4 Å². The van der Waals surface area contributed by atoms with Gasteiger partial charge in [-0.3, -0.25) is 14.7 Å². The maximum absolute atomic E-state index is 13.5. The highest BCUT2D eigenvalue weighted by Gasteiger charge is 2.49. The van der Waals surface area contributed by atoms with Crippen LogP contribution in [0.4, 0.5) is 10.1 Å². The Morgan fingerprint density at radius 2 is 1.90 bits per heavy atom. The van der Waals surface area contributed by atoms with Gasteiger partial charge >= 0.3 is 13.4 Å². The first-order chi connectivity index (χ1) is 9.50. The first-order valence-corrected chi connectivity index (χ1v) is 7.72. The summed E-state index contributed by atoms with van der Waals surface area (Å²) < 4.78 is 35.1. The van der Waals surface area contributed by atoms with Crippen LogP contribution in [-0.4, -0.2) is 40.4 Å². The Morgan fingerprint density at radius 3 is 2.35 bits per heavy atom. The molecule has 2 aliphatic rings. The monoisotopic (exact) mass is 301 g/mol. The Kier molecular flexibility index (Phi) is 3.33. The number of nitrogens with zero attached hydrogens (tertiary/aromatic N) is 3. The summed E-state index contributed by atoms with van der Waals surface area (Å²) in [7, 11) is -2.94. The second-order valence-electron chi connectivity index (χ2n) is 4.71. The fourth-order valence-electron chi connectivity index (χ4n) is 1.88. The lowest BCUT2D eigenvalue weighted by Gasteiger charge is -2.19. The van der Waals surface area contributed by atoms with E-state index < -0.39 is 24.1 Å². The smallest absolute Gasteiger partial charge is 0.301 e. The summed E-state index contributed by atoms with van der Waals surface area (Å²) in [5, 5.41) is 10.5. The third-order valence-electron chi connectivity index (χ3n) is 3.17. The van der Waals surface area contributed by atoms with Gasteiger partial charge in [0.2, 0.25) is 5.82 Å². The van der Waals surface area contributed by atoms with Gasteiger partial charge < -0.3 is 4.52 Å². The zero-order chi connectivity index (χ0) is 14.3. The standard InChI is InChI=1S/C11H13FN3O4P/c12-10-7-9(1-2-11(10)15(16)17)8-19-20(18,13-3-4-13)14-5-6-14/h1-2,7H,3-6,8H2. The fraction of sp³-hybridized carbons (Fsp3) is 0.455. The first kappa shape index (κ1) is 13.6. The van der Waals surface area contributed by atoms with Gasteiger partial charge in [0.25, 0.3) is 0 Å². The molecule has 0 aliphatic carbocycles. The maximum atomic E-state index is 13.5. The molecule has 7 nitrogen and oxygen atoms in total. The van der Waals surface area contributed by atoms with E-state index in [4.69, 9.17) is 4.52 Å².